The molecule has 1 fully saturated rings. The lowest BCUT2D eigenvalue weighted by molar-refractivity contribution is -0.388. The van der Waals surface area contributed by atoms with Crippen LogP contribution in [0.5, 0.6) is 0 Å². The van der Waals surface area contributed by atoms with Crippen LogP contribution in [0, 0.1) is 10.1 Å². The van der Waals surface area contributed by atoms with E-state index in [2.05, 4.69) is 16.8 Å². The topological polar surface area (TPSA) is 62.5 Å². The molecule has 1 saturated heterocycles. The summed E-state index contributed by atoms with van der Waals surface area (Å²) in [4.78, 5) is 18.2. The SMILES string of the molecule is CC(c1nccs1)N1CCN(c2ccc([N+](=O)[O-])c(C(F)(F)F)c2)CC1. The number of nitrogens with zero attached hydrogens (tertiary/aromatic N) is 4. The number of nitro benzene ring substituents is 1. The molecule has 1 unspecified atom stereocenters. The van der Waals surface area contributed by atoms with E-state index in [0.717, 1.165) is 17.1 Å². The van der Waals surface area contributed by atoms with E-state index in [4.69, 9.17) is 0 Å². The molecule has 1 aromatic carbocycles. The van der Waals surface area contributed by atoms with Gasteiger partial charge in [-0.3, -0.25) is 15.0 Å². The van der Waals surface area contributed by atoms with Crippen molar-refractivity contribution in [2.45, 2.75) is 19.1 Å². The molecule has 1 aromatic heterocycles. The number of halogens is 3. The van der Waals surface area contributed by atoms with Crippen molar-refractivity contribution in [1.29, 1.82) is 0 Å². The highest BCUT2D eigenvalue weighted by Crippen LogP contribution is 2.38. The zero-order valence-electron chi connectivity index (χ0n) is 13.9. The minimum Gasteiger partial charge on any atom is -0.369 e. The summed E-state index contributed by atoms with van der Waals surface area (Å²) in [7, 11) is 0. The number of anilines is 1. The van der Waals surface area contributed by atoms with Gasteiger partial charge in [-0.15, -0.1) is 11.3 Å². The first-order valence-electron chi connectivity index (χ1n) is 8.01. The molecule has 0 saturated carbocycles. The Balaban J connectivity index is 1.74. The third-order valence-corrected chi connectivity index (χ3v) is 5.46. The number of aromatic nitrogens is 1. The molecule has 1 aliphatic heterocycles. The van der Waals surface area contributed by atoms with Crippen molar-refractivity contribution in [2.24, 2.45) is 0 Å². The first-order valence-corrected chi connectivity index (χ1v) is 8.89. The summed E-state index contributed by atoms with van der Waals surface area (Å²) in [6.45, 7) is 4.51. The Kier molecular flexibility index (Phi) is 5.15. The molecule has 0 radical (unpaired) electrons. The van der Waals surface area contributed by atoms with Crippen molar-refractivity contribution in [3.63, 3.8) is 0 Å². The Morgan fingerprint density at radius 2 is 1.96 bits per heavy atom. The van der Waals surface area contributed by atoms with E-state index in [0.29, 0.717) is 31.9 Å². The number of nitro groups is 1. The largest absolute Gasteiger partial charge is 0.423 e. The molecule has 140 valence electrons. The van der Waals surface area contributed by atoms with Gasteiger partial charge in [-0.25, -0.2) is 4.98 Å². The first-order chi connectivity index (χ1) is 12.3. The van der Waals surface area contributed by atoms with Crippen molar-refractivity contribution in [3.05, 3.63) is 50.5 Å². The zero-order chi connectivity index (χ0) is 18.9. The predicted molar refractivity (Wildman–Crippen MR) is 92.4 cm³/mol. The highest BCUT2D eigenvalue weighted by molar-refractivity contribution is 7.09. The molecule has 26 heavy (non-hydrogen) atoms. The Bertz CT molecular complexity index is 774. The zero-order valence-corrected chi connectivity index (χ0v) is 14.8. The summed E-state index contributed by atoms with van der Waals surface area (Å²) >= 11 is 1.58. The molecule has 6 nitrogen and oxygen atoms in total. The molecule has 1 atom stereocenters. The van der Waals surface area contributed by atoms with Gasteiger partial charge in [0.15, 0.2) is 0 Å². The molecule has 0 N–H and O–H groups in total. The van der Waals surface area contributed by atoms with Crippen LogP contribution in [0.3, 0.4) is 0 Å². The monoisotopic (exact) mass is 386 g/mol. The molecule has 10 heteroatoms. The summed E-state index contributed by atoms with van der Waals surface area (Å²) in [5.41, 5.74) is -1.78. The summed E-state index contributed by atoms with van der Waals surface area (Å²) in [6.07, 6.45) is -3.01. The van der Waals surface area contributed by atoms with Crippen LogP contribution in [0.1, 0.15) is 23.5 Å². The second-order valence-electron chi connectivity index (χ2n) is 6.03. The molecule has 0 amide bonds. The predicted octanol–water partition coefficient (Wildman–Crippen LogP) is 3.95. The van der Waals surface area contributed by atoms with Crippen LogP contribution in [0.15, 0.2) is 29.8 Å². The Labute approximate surface area is 152 Å². The summed E-state index contributed by atoms with van der Waals surface area (Å²) in [5.74, 6) is 0. The first kappa shape index (κ1) is 18.6. The molecular weight excluding hydrogens is 369 g/mol. The van der Waals surface area contributed by atoms with Gasteiger partial charge in [0.05, 0.1) is 11.0 Å². The Morgan fingerprint density at radius 1 is 1.27 bits per heavy atom. The fraction of sp³-hybridized carbons (Fsp3) is 0.438. The van der Waals surface area contributed by atoms with Crippen molar-refractivity contribution in [1.82, 2.24) is 9.88 Å². The highest BCUT2D eigenvalue weighted by atomic mass is 32.1. The quantitative estimate of drug-likeness (QED) is 0.588. The molecular formula is C16H17F3N4O2S. The Hall–Kier alpha value is -2.20. The molecule has 0 aliphatic carbocycles. The molecule has 2 heterocycles. The fourth-order valence-electron chi connectivity index (χ4n) is 3.07. The van der Waals surface area contributed by atoms with Crippen molar-refractivity contribution in [3.8, 4) is 0 Å². The minimum atomic E-state index is -4.76. The van der Waals surface area contributed by atoms with Crippen LogP contribution in [-0.2, 0) is 6.18 Å². The van der Waals surface area contributed by atoms with Crippen LogP contribution in [0.25, 0.3) is 0 Å². The van der Waals surface area contributed by atoms with Crippen LogP contribution in [0.4, 0.5) is 24.5 Å². The fourth-order valence-corrected chi connectivity index (χ4v) is 3.80. The molecule has 3 rings (SSSR count). The second-order valence-corrected chi connectivity index (χ2v) is 6.95. The van der Waals surface area contributed by atoms with Gasteiger partial charge in [-0.2, -0.15) is 13.2 Å². The Morgan fingerprint density at radius 3 is 2.50 bits per heavy atom. The molecule has 1 aliphatic rings. The van der Waals surface area contributed by atoms with Gasteiger partial charge in [0.1, 0.15) is 10.6 Å². The molecule has 2 aromatic rings. The smallest absolute Gasteiger partial charge is 0.369 e. The van der Waals surface area contributed by atoms with Crippen LogP contribution < -0.4 is 4.90 Å². The molecule has 0 spiro atoms. The van der Waals surface area contributed by atoms with Crippen LogP contribution in [-0.4, -0.2) is 41.0 Å². The lowest BCUT2D eigenvalue weighted by Gasteiger charge is -2.38. The normalized spacial score (nSPS) is 17.3. The number of hydrogen-bond acceptors (Lipinski definition) is 6. The number of thiazole rings is 1. The van der Waals surface area contributed by atoms with Gasteiger partial charge in [0, 0.05) is 49.5 Å². The van der Waals surface area contributed by atoms with Gasteiger partial charge in [-0.05, 0) is 19.1 Å². The summed E-state index contributed by atoms with van der Waals surface area (Å²) < 4.78 is 39.4. The number of rotatable bonds is 4. The number of hydrogen-bond donors (Lipinski definition) is 0. The van der Waals surface area contributed by atoms with E-state index in [-0.39, 0.29) is 6.04 Å². The third kappa shape index (κ3) is 3.80. The van der Waals surface area contributed by atoms with E-state index in [1.807, 2.05) is 10.3 Å². The average molecular weight is 386 g/mol. The van der Waals surface area contributed by atoms with Gasteiger partial charge in [-0.1, -0.05) is 0 Å². The van der Waals surface area contributed by atoms with E-state index in [9.17, 15) is 23.3 Å². The van der Waals surface area contributed by atoms with E-state index in [1.165, 1.54) is 6.07 Å². The maximum absolute atomic E-state index is 13.1. The van der Waals surface area contributed by atoms with Crippen LogP contribution in [0.2, 0.25) is 0 Å². The third-order valence-electron chi connectivity index (χ3n) is 4.52. The number of piperazine rings is 1. The van der Waals surface area contributed by atoms with Crippen molar-refractivity contribution < 1.29 is 18.1 Å². The highest BCUT2D eigenvalue weighted by Gasteiger charge is 2.39. The van der Waals surface area contributed by atoms with Gasteiger partial charge >= 0.3 is 6.18 Å². The van der Waals surface area contributed by atoms with Gasteiger partial charge in [0.2, 0.25) is 0 Å². The van der Waals surface area contributed by atoms with Crippen LogP contribution >= 0.6 is 11.3 Å². The standard InChI is InChI=1S/C16H17F3N4O2S/c1-11(15-20-4-9-26-15)21-5-7-22(8-6-21)12-2-3-14(23(24)25)13(10-12)16(17,18)19/h2-4,9-11H,5-8H2,1H3. The minimum absolute atomic E-state index is 0.153. The summed E-state index contributed by atoms with van der Waals surface area (Å²) in [5, 5.41) is 13.8. The number of benzene rings is 1. The van der Waals surface area contributed by atoms with E-state index in [1.54, 1.807) is 17.5 Å². The maximum Gasteiger partial charge on any atom is 0.423 e. The average Bonchev–Trinajstić information content (AvgIpc) is 3.14. The van der Waals surface area contributed by atoms with E-state index >= 15 is 0 Å². The van der Waals surface area contributed by atoms with E-state index < -0.39 is 22.4 Å². The van der Waals surface area contributed by atoms with Gasteiger partial charge < -0.3 is 4.90 Å². The van der Waals surface area contributed by atoms with Crippen molar-refractivity contribution in [2.75, 3.05) is 31.1 Å². The molecule has 0 bridgehead atoms. The number of alkyl halides is 3. The lowest BCUT2D eigenvalue weighted by Crippen LogP contribution is -2.47. The summed E-state index contributed by atoms with van der Waals surface area (Å²) in [6, 6.07) is 3.34. The maximum atomic E-state index is 13.1. The van der Waals surface area contributed by atoms with Crippen molar-refractivity contribution >= 4 is 22.7 Å². The second kappa shape index (κ2) is 7.20. The lowest BCUT2D eigenvalue weighted by atomic mass is 10.1. The van der Waals surface area contributed by atoms with Gasteiger partial charge in [0.25, 0.3) is 5.69 Å².